The van der Waals surface area contributed by atoms with Crippen LogP contribution in [0.1, 0.15) is 16.7 Å². The number of hydrogen-bond acceptors (Lipinski definition) is 5. The zero-order valence-electron chi connectivity index (χ0n) is 17.9. The molecule has 1 aliphatic heterocycles. The van der Waals surface area contributed by atoms with Gasteiger partial charge in [-0.2, -0.15) is 0 Å². The van der Waals surface area contributed by atoms with Crippen LogP contribution in [0, 0.1) is 0 Å². The van der Waals surface area contributed by atoms with Gasteiger partial charge in [0.2, 0.25) is 0 Å². The molecule has 3 aromatic carbocycles. The highest BCUT2D eigenvalue weighted by Crippen LogP contribution is 2.36. The Kier molecular flexibility index (Phi) is 7.73. The van der Waals surface area contributed by atoms with Crippen LogP contribution in [-0.2, 0) is 17.9 Å². The fraction of sp³-hybridized carbons (Fsp3) is 0.120. The second-order valence-electron chi connectivity index (χ2n) is 7.34. The number of rotatable bonds is 7. The van der Waals surface area contributed by atoms with Gasteiger partial charge in [-0.3, -0.25) is 14.5 Å². The Morgan fingerprint density at radius 2 is 1.62 bits per heavy atom. The van der Waals surface area contributed by atoms with E-state index < -0.39 is 0 Å². The number of carbonyl (C=O) groups is 2. The fourth-order valence-electron chi connectivity index (χ4n) is 3.25. The van der Waals surface area contributed by atoms with Crippen LogP contribution in [0.2, 0.25) is 15.1 Å². The maximum atomic E-state index is 12.9. The first-order chi connectivity index (χ1) is 16.3. The average Bonchev–Trinajstić information content (AvgIpc) is 3.08. The predicted octanol–water partition coefficient (Wildman–Crippen LogP) is 7.47. The summed E-state index contributed by atoms with van der Waals surface area (Å²) in [6.07, 6.45) is 1.66. The molecule has 9 heteroatoms. The molecule has 0 atom stereocenters. The van der Waals surface area contributed by atoms with Crippen molar-refractivity contribution in [2.75, 3.05) is 7.11 Å². The van der Waals surface area contributed by atoms with Crippen molar-refractivity contribution < 1.29 is 19.1 Å². The third kappa shape index (κ3) is 5.70. The van der Waals surface area contributed by atoms with Crippen molar-refractivity contribution in [3.63, 3.8) is 0 Å². The number of nitrogens with zero attached hydrogens (tertiary/aromatic N) is 1. The van der Waals surface area contributed by atoms with Gasteiger partial charge in [-0.15, -0.1) is 0 Å². The second kappa shape index (κ2) is 10.7. The van der Waals surface area contributed by atoms with E-state index in [-0.39, 0.29) is 17.7 Å². The van der Waals surface area contributed by atoms with Gasteiger partial charge < -0.3 is 9.47 Å². The van der Waals surface area contributed by atoms with E-state index in [1.165, 1.54) is 4.90 Å². The number of ether oxygens (including phenoxy) is 2. The number of thioether (sulfide) groups is 1. The Hall–Kier alpha value is -2.64. The summed E-state index contributed by atoms with van der Waals surface area (Å²) in [6, 6.07) is 17.7. The third-order valence-corrected chi connectivity index (χ3v) is 6.89. The van der Waals surface area contributed by atoms with Crippen LogP contribution in [0.4, 0.5) is 4.79 Å². The third-order valence-electron chi connectivity index (χ3n) is 4.99. The number of amides is 2. The molecule has 0 unspecified atom stereocenters. The van der Waals surface area contributed by atoms with E-state index in [2.05, 4.69) is 0 Å². The molecule has 0 N–H and O–H groups in total. The van der Waals surface area contributed by atoms with Gasteiger partial charge >= 0.3 is 0 Å². The Morgan fingerprint density at radius 3 is 2.32 bits per heavy atom. The van der Waals surface area contributed by atoms with Gasteiger partial charge in [0.15, 0.2) is 11.5 Å². The molecule has 1 aliphatic rings. The van der Waals surface area contributed by atoms with E-state index in [1.807, 2.05) is 12.1 Å². The molecule has 5 nitrogen and oxygen atoms in total. The highest BCUT2D eigenvalue weighted by Gasteiger charge is 2.35. The normalized spacial score (nSPS) is 14.7. The summed E-state index contributed by atoms with van der Waals surface area (Å²) in [7, 11) is 1.55. The summed E-state index contributed by atoms with van der Waals surface area (Å²) in [5.41, 5.74) is 2.35. The van der Waals surface area contributed by atoms with Crippen molar-refractivity contribution in [1.82, 2.24) is 4.90 Å². The average molecular weight is 535 g/mol. The van der Waals surface area contributed by atoms with Crippen LogP contribution >= 0.6 is 46.6 Å². The van der Waals surface area contributed by atoms with E-state index in [4.69, 9.17) is 44.3 Å². The highest BCUT2D eigenvalue weighted by molar-refractivity contribution is 8.18. The lowest BCUT2D eigenvalue weighted by atomic mass is 10.1. The van der Waals surface area contributed by atoms with Crippen LogP contribution in [-0.4, -0.2) is 23.2 Å². The largest absolute Gasteiger partial charge is 0.493 e. The van der Waals surface area contributed by atoms with Crippen molar-refractivity contribution in [1.29, 1.82) is 0 Å². The van der Waals surface area contributed by atoms with Gasteiger partial charge in [-0.1, -0.05) is 59.1 Å². The number of imide groups is 1. The topological polar surface area (TPSA) is 55.8 Å². The van der Waals surface area contributed by atoms with Crippen LogP contribution < -0.4 is 9.47 Å². The molecule has 0 bridgehead atoms. The fourth-order valence-corrected chi connectivity index (χ4v) is 4.53. The van der Waals surface area contributed by atoms with Gasteiger partial charge in [0, 0.05) is 5.02 Å². The zero-order valence-corrected chi connectivity index (χ0v) is 21.0. The Morgan fingerprint density at radius 1 is 0.882 bits per heavy atom. The lowest BCUT2D eigenvalue weighted by molar-refractivity contribution is -0.123. The van der Waals surface area contributed by atoms with E-state index >= 15 is 0 Å². The first kappa shape index (κ1) is 24.5. The molecule has 1 saturated heterocycles. The lowest BCUT2D eigenvalue weighted by Gasteiger charge is -2.13. The molecule has 1 fully saturated rings. The van der Waals surface area contributed by atoms with Gasteiger partial charge in [0.05, 0.1) is 28.6 Å². The molecule has 0 spiro atoms. The molecular formula is C25H18Cl3NO4S. The van der Waals surface area contributed by atoms with E-state index in [0.717, 1.165) is 17.3 Å². The van der Waals surface area contributed by atoms with E-state index in [9.17, 15) is 9.59 Å². The first-order valence-electron chi connectivity index (χ1n) is 10.1. The molecule has 0 aromatic heterocycles. The monoisotopic (exact) mass is 533 g/mol. The quantitative estimate of drug-likeness (QED) is 0.294. The van der Waals surface area contributed by atoms with Crippen molar-refractivity contribution in [3.8, 4) is 11.5 Å². The zero-order chi connectivity index (χ0) is 24.2. The molecule has 2 amide bonds. The number of methoxy groups -OCH3 is 1. The van der Waals surface area contributed by atoms with Gasteiger partial charge in [0.1, 0.15) is 6.61 Å². The smallest absolute Gasteiger partial charge is 0.293 e. The summed E-state index contributed by atoms with van der Waals surface area (Å²) < 4.78 is 11.3. The molecule has 0 saturated carbocycles. The number of benzene rings is 3. The summed E-state index contributed by atoms with van der Waals surface area (Å²) in [5.74, 6) is 0.695. The molecule has 174 valence electrons. The van der Waals surface area contributed by atoms with Gasteiger partial charge in [-0.25, -0.2) is 0 Å². The van der Waals surface area contributed by atoms with Crippen LogP contribution in [0.3, 0.4) is 0 Å². The van der Waals surface area contributed by atoms with Crippen LogP contribution in [0.15, 0.2) is 65.6 Å². The molecule has 34 heavy (non-hydrogen) atoms. The molecule has 0 aliphatic carbocycles. The summed E-state index contributed by atoms with van der Waals surface area (Å²) in [6.45, 7) is 0.425. The van der Waals surface area contributed by atoms with Crippen molar-refractivity contribution in [2.45, 2.75) is 13.2 Å². The minimum Gasteiger partial charge on any atom is -0.493 e. The maximum absolute atomic E-state index is 12.9. The van der Waals surface area contributed by atoms with E-state index in [0.29, 0.717) is 49.2 Å². The molecule has 1 heterocycles. The maximum Gasteiger partial charge on any atom is 0.293 e. The summed E-state index contributed by atoms with van der Waals surface area (Å²) in [4.78, 5) is 26.9. The minimum atomic E-state index is -0.375. The predicted molar refractivity (Wildman–Crippen MR) is 137 cm³/mol. The second-order valence-corrected chi connectivity index (χ2v) is 9.59. The van der Waals surface area contributed by atoms with Crippen LogP contribution in [0.25, 0.3) is 6.08 Å². The molecule has 3 aromatic rings. The number of hydrogen-bond donors (Lipinski definition) is 0. The van der Waals surface area contributed by atoms with Gasteiger partial charge in [-0.05, 0) is 70.9 Å². The molecule has 0 radical (unpaired) electrons. The van der Waals surface area contributed by atoms with Crippen molar-refractivity contribution in [2.24, 2.45) is 0 Å². The van der Waals surface area contributed by atoms with Gasteiger partial charge in [0.25, 0.3) is 11.1 Å². The molecule has 4 rings (SSSR count). The Labute approximate surface area is 216 Å². The summed E-state index contributed by atoms with van der Waals surface area (Å²) >= 11 is 18.8. The standard InChI is InChI=1S/C25H18Cl3NO4S/c1-32-21-9-5-16(11-22(21)33-14-15-2-6-18(26)7-3-15)12-23-24(30)29(25(31)34-23)13-17-4-8-19(27)20(28)10-17/h2-12H,13-14H2,1H3/b23-12-. The highest BCUT2D eigenvalue weighted by atomic mass is 35.5. The van der Waals surface area contributed by atoms with Crippen molar-refractivity contribution >= 4 is 63.8 Å². The SMILES string of the molecule is COc1ccc(/C=C2\SC(=O)N(Cc3ccc(Cl)c(Cl)c3)C2=O)cc1OCc1ccc(Cl)cc1. The Balaban J connectivity index is 1.51. The van der Waals surface area contributed by atoms with E-state index in [1.54, 1.807) is 61.7 Å². The van der Waals surface area contributed by atoms with Crippen LogP contribution in [0.5, 0.6) is 11.5 Å². The summed E-state index contributed by atoms with van der Waals surface area (Å²) in [5, 5.41) is 1.07. The molecular weight excluding hydrogens is 517 g/mol. The Bertz CT molecular complexity index is 1280. The number of halogens is 3. The van der Waals surface area contributed by atoms with Crippen molar-refractivity contribution in [3.05, 3.63) is 97.3 Å². The minimum absolute atomic E-state index is 0.108. The first-order valence-corrected chi connectivity index (χ1v) is 12.0. The lowest BCUT2D eigenvalue weighted by Crippen LogP contribution is -2.27. The number of carbonyl (C=O) groups excluding carboxylic acids is 2.